The van der Waals surface area contributed by atoms with Gasteiger partial charge in [-0.3, -0.25) is 4.99 Å². The first-order valence-corrected chi connectivity index (χ1v) is 11.1. The molecule has 0 fully saturated rings. The quantitative estimate of drug-likeness (QED) is 0.204. The second-order valence-corrected chi connectivity index (χ2v) is 9.84. The molecule has 0 saturated carbocycles. The van der Waals surface area contributed by atoms with Crippen LogP contribution in [-0.4, -0.2) is 51.1 Å². The molecule has 0 heterocycles. The van der Waals surface area contributed by atoms with E-state index in [0.717, 1.165) is 19.3 Å². The van der Waals surface area contributed by atoms with E-state index in [1.165, 1.54) is 4.90 Å². The van der Waals surface area contributed by atoms with Crippen molar-refractivity contribution in [1.82, 2.24) is 15.4 Å². The van der Waals surface area contributed by atoms with Crippen molar-refractivity contribution < 1.29 is 8.42 Å². The number of rotatable bonds is 9. The molecule has 1 unspecified atom stereocenters. The first-order chi connectivity index (χ1) is 11.6. The van der Waals surface area contributed by atoms with Gasteiger partial charge in [0, 0.05) is 28.8 Å². The Labute approximate surface area is 179 Å². The molecule has 0 aliphatic heterocycles. The molecule has 9 heteroatoms. The number of hydrogen-bond acceptors (Lipinski definition) is 4. The molecule has 1 rings (SSSR count). The molecule has 0 aromatic heterocycles. The van der Waals surface area contributed by atoms with Crippen molar-refractivity contribution in [2.45, 2.75) is 43.4 Å². The van der Waals surface area contributed by atoms with E-state index < -0.39 is 15.6 Å². The summed E-state index contributed by atoms with van der Waals surface area (Å²) in [5.41, 5.74) is -0.639. The molecule has 6 nitrogen and oxygen atoms in total. The zero-order valence-corrected chi connectivity index (χ0v) is 20.0. The zero-order chi connectivity index (χ0) is 18.9. The van der Waals surface area contributed by atoms with Crippen molar-refractivity contribution in [3.05, 3.63) is 30.3 Å². The highest BCUT2D eigenvalue weighted by atomic mass is 127. The smallest absolute Gasteiger partial charge is 0.209 e. The molecular formula is C17H31IN4O2S2. The molecule has 0 aliphatic carbocycles. The number of thioether (sulfide) groups is 1. The molecule has 1 aromatic rings. The molecule has 0 bridgehead atoms. The number of sulfonamides is 1. The van der Waals surface area contributed by atoms with Crippen LogP contribution in [0.15, 0.2) is 40.2 Å². The summed E-state index contributed by atoms with van der Waals surface area (Å²) in [6, 6.07) is 10.3. The van der Waals surface area contributed by atoms with Gasteiger partial charge in [0.15, 0.2) is 5.96 Å². The lowest BCUT2D eigenvalue weighted by molar-refractivity contribution is 0.464. The van der Waals surface area contributed by atoms with Gasteiger partial charge >= 0.3 is 0 Å². The molecule has 0 aliphatic rings. The Balaban J connectivity index is 0.00000625. The second-order valence-electron chi connectivity index (χ2n) is 6.58. The van der Waals surface area contributed by atoms with Gasteiger partial charge in [-0.25, -0.2) is 13.1 Å². The first-order valence-electron chi connectivity index (χ1n) is 8.34. The molecular weight excluding hydrogens is 483 g/mol. The van der Waals surface area contributed by atoms with Gasteiger partial charge in [0.25, 0.3) is 0 Å². The van der Waals surface area contributed by atoms with Gasteiger partial charge in [-0.1, -0.05) is 25.1 Å². The fourth-order valence-electron chi connectivity index (χ4n) is 2.17. The van der Waals surface area contributed by atoms with Crippen molar-refractivity contribution in [2.75, 3.05) is 25.9 Å². The number of aliphatic imine (C=N–C) groups is 1. The Morgan fingerprint density at radius 1 is 1.23 bits per heavy atom. The third-order valence-electron chi connectivity index (χ3n) is 3.08. The monoisotopic (exact) mass is 514 g/mol. The van der Waals surface area contributed by atoms with E-state index in [0.29, 0.717) is 17.8 Å². The minimum atomic E-state index is -3.27. The summed E-state index contributed by atoms with van der Waals surface area (Å²) in [6.45, 7) is 9.62. The van der Waals surface area contributed by atoms with Gasteiger partial charge in [0.05, 0.1) is 12.8 Å². The summed E-state index contributed by atoms with van der Waals surface area (Å²) in [4.78, 5) is 5.74. The maximum Gasteiger partial charge on any atom is 0.209 e. The normalized spacial score (nSPS) is 13.7. The number of guanidine groups is 1. The number of halogens is 1. The third-order valence-corrected chi connectivity index (χ3v) is 5.11. The molecule has 150 valence electrons. The maximum absolute atomic E-state index is 11.4. The van der Waals surface area contributed by atoms with Crippen LogP contribution in [0.25, 0.3) is 0 Å². The van der Waals surface area contributed by atoms with E-state index >= 15 is 0 Å². The molecule has 0 amide bonds. The van der Waals surface area contributed by atoms with E-state index in [1.54, 1.807) is 11.8 Å². The van der Waals surface area contributed by atoms with Gasteiger partial charge in [0.1, 0.15) is 0 Å². The van der Waals surface area contributed by atoms with Gasteiger partial charge in [0.2, 0.25) is 10.0 Å². The summed E-state index contributed by atoms with van der Waals surface area (Å²) >= 11 is 1.80. The average Bonchev–Trinajstić information content (AvgIpc) is 2.49. The molecule has 3 N–H and O–H groups in total. The molecule has 0 radical (unpaired) electrons. The number of hydrogen-bond donors (Lipinski definition) is 3. The minimum Gasteiger partial charge on any atom is -0.357 e. The average molecular weight is 514 g/mol. The Morgan fingerprint density at radius 2 is 1.85 bits per heavy atom. The zero-order valence-electron chi connectivity index (χ0n) is 16.1. The fraction of sp³-hybridized carbons (Fsp3) is 0.588. The van der Waals surface area contributed by atoms with Crippen LogP contribution < -0.4 is 15.4 Å². The highest BCUT2D eigenvalue weighted by Gasteiger charge is 2.21. The van der Waals surface area contributed by atoms with Crippen molar-refractivity contribution in [1.29, 1.82) is 0 Å². The third kappa shape index (κ3) is 12.0. The second kappa shape index (κ2) is 12.0. The molecule has 1 aromatic carbocycles. The topological polar surface area (TPSA) is 82.6 Å². The fourth-order valence-corrected chi connectivity index (χ4v) is 4.18. The van der Waals surface area contributed by atoms with Crippen LogP contribution in [0.5, 0.6) is 0 Å². The van der Waals surface area contributed by atoms with Crippen molar-refractivity contribution in [3.8, 4) is 0 Å². The number of nitrogens with one attached hydrogen (secondary N) is 3. The highest BCUT2D eigenvalue weighted by molar-refractivity contribution is 14.0. The Kier molecular flexibility index (Phi) is 11.8. The van der Waals surface area contributed by atoms with Gasteiger partial charge < -0.3 is 10.6 Å². The standard InChI is InChI=1S/C17H30N4O2S2.HI/c1-6-18-16(20-13-17(3,4)21-25(5,22)23)19-12-14(2)24-15-10-8-7-9-11-15;/h7-11,14,21H,6,12-13H2,1-5H3,(H2,18,19,20);1H. The Bertz CT molecular complexity index is 652. The summed E-state index contributed by atoms with van der Waals surface area (Å²) in [7, 11) is -3.27. The van der Waals surface area contributed by atoms with Crippen LogP contribution in [0.3, 0.4) is 0 Å². The van der Waals surface area contributed by atoms with Crippen LogP contribution in [-0.2, 0) is 10.0 Å². The van der Waals surface area contributed by atoms with Crippen LogP contribution in [0.2, 0.25) is 0 Å². The summed E-state index contributed by atoms with van der Waals surface area (Å²) in [5, 5.41) is 6.88. The van der Waals surface area contributed by atoms with E-state index in [4.69, 9.17) is 0 Å². The molecule has 26 heavy (non-hydrogen) atoms. The summed E-state index contributed by atoms with van der Waals surface area (Å²) in [5.74, 6) is 0.686. The largest absolute Gasteiger partial charge is 0.357 e. The lowest BCUT2D eigenvalue weighted by Crippen LogP contribution is -2.47. The lowest BCUT2D eigenvalue weighted by Gasteiger charge is -2.23. The van der Waals surface area contributed by atoms with Crippen molar-refractivity contribution >= 4 is 51.7 Å². The van der Waals surface area contributed by atoms with E-state index in [1.807, 2.05) is 39.0 Å². The number of nitrogens with zero attached hydrogens (tertiary/aromatic N) is 1. The van der Waals surface area contributed by atoms with Crippen LogP contribution >= 0.6 is 35.7 Å². The first kappa shape index (κ1) is 25.5. The Morgan fingerprint density at radius 3 is 2.38 bits per heavy atom. The summed E-state index contributed by atoms with van der Waals surface area (Å²) in [6.07, 6.45) is 1.16. The number of benzene rings is 1. The van der Waals surface area contributed by atoms with Crippen LogP contribution in [0.4, 0.5) is 0 Å². The minimum absolute atomic E-state index is 0. The highest BCUT2D eigenvalue weighted by Crippen LogP contribution is 2.21. The van der Waals surface area contributed by atoms with E-state index in [-0.39, 0.29) is 24.0 Å². The lowest BCUT2D eigenvalue weighted by atomic mass is 10.1. The molecule has 0 saturated heterocycles. The van der Waals surface area contributed by atoms with E-state index in [9.17, 15) is 8.42 Å². The van der Waals surface area contributed by atoms with Gasteiger partial charge in [-0.05, 0) is 32.9 Å². The van der Waals surface area contributed by atoms with Crippen molar-refractivity contribution in [3.63, 3.8) is 0 Å². The van der Waals surface area contributed by atoms with Crippen LogP contribution in [0.1, 0.15) is 27.7 Å². The predicted molar refractivity (Wildman–Crippen MR) is 123 cm³/mol. The van der Waals surface area contributed by atoms with Crippen molar-refractivity contribution in [2.24, 2.45) is 4.99 Å². The Hall–Kier alpha value is -0.520. The van der Waals surface area contributed by atoms with Gasteiger partial charge in [-0.2, -0.15) is 0 Å². The predicted octanol–water partition coefficient (Wildman–Crippen LogP) is 2.67. The van der Waals surface area contributed by atoms with E-state index in [2.05, 4.69) is 39.4 Å². The molecule has 1 atom stereocenters. The SMILES string of the molecule is CCNC(=NCC(C)(C)NS(C)(=O)=O)NCC(C)Sc1ccccc1.I. The maximum atomic E-state index is 11.4. The van der Waals surface area contributed by atoms with Gasteiger partial charge in [-0.15, -0.1) is 35.7 Å². The molecule has 0 spiro atoms. The van der Waals surface area contributed by atoms with Crippen LogP contribution in [0, 0.1) is 0 Å². The summed E-state index contributed by atoms with van der Waals surface area (Å²) < 4.78 is 25.4.